The second kappa shape index (κ2) is 7.59. The summed E-state index contributed by atoms with van der Waals surface area (Å²) in [4.78, 5) is 12.1. The molecule has 0 spiro atoms. The van der Waals surface area contributed by atoms with Crippen molar-refractivity contribution in [3.8, 4) is 5.69 Å². The van der Waals surface area contributed by atoms with Gasteiger partial charge in [-0.25, -0.2) is 0 Å². The van der Waals surface area contributed by atoms with E-state index in [2.05, 4.69) is 40.8 Å². The molecule has 0 saturated carbocycles. The van der Waals surface area contributed by atoms with Crippen molar-refractivity contribution in [2.45, 2.75) is 45.0 Å². The van der Waals surface area contributed by atoms with Gasteiger partial charge >= 0.3 is 0 Å². The number of hydrogen-bond acceptors (Lipinski definition) is 5. The first-order valence-electron chi connectivity index (χ1n) is 7.69. The van der Waals surface area contributed by atoms with E-state index in [1.165, 1.54) is 11.8 Å². The molecule has 1 amide bonds. The summed E-state index contributed by atoms with van der Waals surface area (Å²) in [6.45, 7) is 10.7. The lowest BCUT2D eigenvalue weighted by atomic mass is 10.1. The second-order valence-electron chi connectivity index (χ2n) is 6.06. The Morgan fingerprint density at radius 1 is 1.30 bits per heavy atom. The summed E-state index contributed by atoms with van der Waals surface area (Å²) in [6.07, 6.45) is 0. The Balaban J connectivity index is 2.15. The first kappa shape index (κ1) is 17.5. The lowest BCUT2D eigenvalue weighted by molar-refractivity contribution is -0.120. The first-order valence-corrected chi connectivity index (χ1v) is 8.56. The molecule has 1 aromatic carbocycles. The topological polar surface area (TPSA) is 72.7 Å². The zero-order valence-corrected chi connectivity index (χ0v) is 15.0. The van der Waals surface area contributed by atoms with Gasteiger partial charge in [0.05, 0.1) is 10.9 Å². The van der Waals surface area contributed by atoms with Crippen LogP contribution in [0.1, 0.15) is 31.9 Å². The zero-order chi connectivity index (χ0) is 17.0. The van der Waals surface area contributed by atoms with Crippen molar-refractivity contribution in [1.29, 1.82) is 0 Å². The van der Waals surface area contributed by atoms with E-state index in [1.54, 1.807) is 4.68 Å². The fraction of sp³-hybridized carbons (Fsp3) is 0.500. The first-order chi connectivity index (χ1) is 10.9. The number of nitrogens with zero attached hydrogens (tertiary/aromatic N) is 4. The lowest BCUT2D eigenvalue weighted by Gasteiger charge is -2.13. The Hall–Kier alpha value is -1.89. The summed E-state index contributed by atoms with van der Waals surface area (Å²) < 4.78 is 1.69. The maximum absolute atomic E-state index is 12.1. The van der Waals surface area contributed by atoms with Gasteiger partial charge in [0.2, 0.25) is 11.1 Å². The van der Waals surface area contributed by atoms with Gasteiger partial charge in [0.1, 0.15) is 0 Å². The summed E-state index contributed by atoms with van der Waals surface area (Å²) in [5.41, 5.74) is 3.16. The van der Waals surface area contributed by atoms with Crippen LogP contribution in [0.5, 0.6) is 0 Å². The van der Waals surface area contributed by atoms with Crippen LogP contribution in [0.25, 0.3) is 5.69 Å². The van der Waals surface area contributed by atoms with Crippen LogP contribution in [-0.4, -0.2) is 37.9 Å². The maximum Gasteiger partial charge on any atom is 0.233 e. The average Bonchev–Trinajstić information content (AvgIpc) is 2.95. The molecule has 0 aliphatic carbocycles. The van der Waals surface area contributed by atoms with Crippen molar-refractivity contribution in [1.82, 2.24) is 25.5 Å². The van der Waals surface area contributed by atoms with E-state index < -0.39 is 0 Å². The summed E-state index contributed by atoms with van der Waals surface area (Å²) in [6, 6.07) is 6.14. The molecule has 0 saturated heterocycles. The molecule has 2 rings (SSSR count). The molecule has 23 heavy (non-hydrogen) atoms. The highest BCUT2D eigenvalue weighted by Gasteiger charge is 2.19. The van der Waals surface area contributed by atoms with Gasteiger partial charge in [-0.15, -0.1) is 5.10 Å². The van der Waals surface area contributed by atoms with Crippen LogP contribution in [0.2, 0.25) is 0 Å². The third-order valence-corrected chi connectivity index (χ3v) is 4.40. The molecule has 1 atom stereocenters. The molecular formula is C16H23N5OS. The van der Waals surface area contributed by atoms with Crippen molar-refractivity contribution in [2.24, 2.45) is 5.92 Å². The maximum atomic E-state index is 12.1. The number of amides is 1. The third-order valence-electron chi connectivity index (χ3n) is 3.37. The van der Waals surface area contributed by atoms with Crippen molar-refractivity contribution < 1.29 is 4.79 Å². The van der Waals surface area contributed by atoms with Crippen LogP contribution >= 0.6 is 11.8 Å². The van der Waals surface area contributed by atoms with E-state index in [9.17, 15) is 4.79 Å². The highest BCUT2D eigenvalue weighted by Crippen LogP contribution is 2.24. The number of benzene rings is 1. The van der Waals surface area contributed by atoms with Gasteiger partial charge in [-0.05, 0) is 54.3 Å². The smallest absolute Gasteiger partial charge is 0.233 e. The quantitative estimate of drug-likeness (QED) is 0.823. The Morgan fingerprint density at radius 2 is 2.04 bits per heavy atom. The second-order valence-corrected chi connectivity index (χ2v) is 7.37. The van der Waals surface area contributed by atoms with Gasteiger partial charge in [-0.1, -0.05) is 37.7 Å². The normalized spacial score (nSPS) is 12.4. The fourth-order valence-corrected chi connectivity index (χ4v) is 2.84. The number of nitrogens with one attached hydrogen (secondary N) is 1. The molecule has 0 bridgehead atoms. The minimum absolute atomic E-state index is 0.000728. The highest BCUT2D eigenvalue weighted by atomic mass is 32.2. The van der Waals surface area contributed by atoms with Gasteiger partial charge in [0.15, 0.2) is 0 Å². The van der Waals surface area contributed by atoms with Crippen LogP contribution < -0.4 is 5.32 Å². The Labute approximate surface area is 141 Å². The van der Waals surface area contributed by atoms with Crippen LogP contribution in [0.4, 0.5) is 0 Å². The number of rotatable bonds is 6. The summed E-state index contributed by atoms with van der Waals surface area (Å²) in [5.74, 6) is 0.427. The van der Waals surface area contributed by atoms with Gasteiger partial charge in [0, 0.05) is 6.54 Å². The molecule has 7 heteroatoms. The minimum Gasteiger partial charge on any atom is -0.355 e. The average molecular weight is 333 g/mol. The van der Waals surface area contributed by atoms with Crippen molar-refractivity contribution in [3.05, 3.63) is 29.3 Å². The van der Waals surface area contributed by atoms with E-state index in [-0.39, 0.29) is 11.2 Å². The molecule has 0 aliphatic heterocycles. The van der Waals surface area contributed by atoms with Gasteiger partial charge < -0.3 is 5.32 Å². The van der Waals surface area contributed by atoms with E-state index in [0.717, 1.165) is 16.8 Å². The van der Waals surface area contributed by atoms with Crippen molar-refractivity contribution >= 4 is 17.7 Å². The summed E-state index contributed by atoms with van der Waals surface area (Å²) >= 11 is 1.36. The number of thioether (sulfide) groups is 1. The van der Waals surface area contributed by atoms with E-state index >= 15 is 0 Å². The molecule has 0 unspecified atom stereocenters. The summed E-state index contributed by atoms with van der Waals surface area (Å²) in [7, 11) is 0. The van der Waals surface area contributed by atoms with E-state index in [0.29, 0.717) is 17.6 Å². The number of carbonyl (C=O) groups excluding carboxylic acids is 1. The standard InChI is InChI=1S/C16H23N5OS/c1-10(2)9-17-15(22)13(5)23-16-18-19-20-21(16)14-8-11(3)6-7-12(14)4/h6-8,10,13H,9H2,1-5H3,(H,17,22)/t13-/m1/s1. The van der Waals surface area contributed by atoms with Crippen LogP contribution in [0.3, 0.4) is 0 Å². The Morgan fingerprint density at radius 3 is 2.74 bits per heavy atom. The Kier molecular flexibility index (Phi) is 5.76. The van der Waals surface area contributed by atoms with E-state index in [1.807, 2.05) is 32.9 Å². The van der Waals surface area contributed by atoms with Gasteiger partial charge in [-0.3, -0.25) is 4.79 Å². The SMILES string of the molecule is Cc1ccc(C)c(-n2nnnc2S[C@H](C)C(=O)NCC(C)C)c1. The summed E-state index contributed by atoms with van der Waals surface area (Å²) in [5, 5.41) is 15.2. The molecule has 1 N–H and O–H groups in total. The molecule has 6 nitrogen and oxygen atoms in total. The molecule has 0 fully saturated rings. The highest BCUT2D eigenvalue weighted by molar-refractivity contribution is 8.00. The molecule has 1 heterocycles. The van der Waals surface area contributed by atoms with Crippen LogP contribution in [0.15, 0.2) is 23.4 Å². The number of hydrogen-bond donors (Lipinski definition) is 1. The number of aromatic nitrogens is 4. The number of carbonyl (C=O) groups is 1. The Bertz CT molecular complexity index is 683. The zero-order valence-electron chi connectivity index (χ0n) is 14.2. The van der Waals surface area contributed by atoms with Gasteiger partial charge in [-0.2, -0.15) is 4.68 Å². The van der Waals surface area contributed by atoms with E-state index in [4.69, 9.17) is 0 Å². The number of aryl methyl sites for hydroxylation is 2. The molecule has 0 radical (unpaired) electrons. The third kappa shape index (κ3) is 4.54. The van der Waals surface area contributed by atoms with Crippen molar-refractivity contribution in [2.75, 3.05) is 6.54 Å². The van der Waals surface area contributed by atoms with Crippen LogP contribution in [-0.2, 0) is 4.79 Å². The monoisotopic (exact) mass is 333 g/mol. The molecule has 1 aromatic heterocycles. The molecule has 0 aliphatic rings. The largest absolute Gasteiger partial charge is 0.355 e. The minimum atomic E-state index is -0.261. The lowest BCUT2D eigenvalue weighted by Crippen LogP contribution is -2.33. The molecule has 124 valence electrons. The molecule has 2 aromatic rings. The van der Waals surface area contributed by atoms with Crippen molar-refractivity contribution in [3.63, 3.8) is 0 Å². The number of tetrazole rings is 1. The van der Waals surface area contributed by atoms with Gasteiger partial charge in [0.25, 0.3) is 0 Å². The van der Waals surface area contributed by atoms with Crippen LogP contribution in [0, 0.1) is 19.8 Å². The molecular weight excluding hydrogens is 310 g/mol. The predicted molar refractivity (Wildman–Crippen MR) is 91.8 cm³/mol. The predicted octanol–water partition coefficient (Wildman–Crippen LogP) is 2.53. The fourth-order valence-electron chi connectivity index (χ4n) is 2.01.